The Morgan fingerprint density at radius 1 is 0.403 bits per heavy atom. The number of carbonyl (C=O) groups excluding carboxylic acids is 2. The fourth-order valence-corrected chi connectivity index (χ4v) is 9.64. The van der Waals surface area contributed by atoms with Crippen molar-refractivity contribution in [2.75, 3.05) is 13.2 Å². The molecule has 3 N–H and O–H groups in total. The normalized spacial score (nSPS) is 12.6. The second-order valence-electron chi connectivity index (χ2n) is 21.0. The maximum absolute atomic E-state index is 12.5. The van der Waals surface area contributed by atoms with Crippen LogP contribution in [-0.2, 0) is 14.3 Å². The number of nitrogens with one attached hydrogen (secondary N) is 1. The summed E-state index contributed by atoms with van der Waals surface area (Å²) in [6.45, 7) is 4.94. The lowest BCUT2D eigenvalue weighted by Gasteiger charge is -2.22. The number of ether oxygens (including phenoxy) is 1. The zero-order chi connectivity index (χ0) is 48.6. The number of hydrogen-bond donors (Lipinski definition) is 3. The van der Waals surface area contributed by atoms with Crippen molar-refractivity contribution in [1.82, 2.24) is 5.32 Å². The van der Waals surface area contributed by atoms with E-state index in [1.807, 2.05) is 0 Å². The third kappa shape index (κ3) is 53.8. The van der Waals surface area contributed by atoms with Crippen LogP contribution in [0.15, 0.2) is 12.2 Å². The van der Waals surface area contributed by atoms with Crippen LogP contribution in [0, 0.1) is 0 Å². The van der Waals surface area contributed by atoms with E-state index in [1.165, 1.54) is 263 Å². The summed E-state index contributed by atoms with van der Waals surface area (Å²) in [6, 6.07) is -0.547. The number of aliphatic hydroxyl groups is 2. The largest absolute Gasteiger partial charge is 0.466 e. The van der Waals surface area contributed by atoms with E-state index in [4.69, 9.17) is 4.74 Å². The van der Waals surface area contributed by atoms with Crippen LogP contribution < -0.4 is 5.32 Å². The van der Waals surface area contributed by atoms with Crippen molar-refractivity contribution in [2.45, 2.75) is 353 Å². The average Bonchev–Trinajstić information content (AvgIpc) is 3.33. The lowest BCUT2D eigenvalue weighted by Crippen LogP contribution is -2.45. The highest BCUT2D eigenvalue weighted by molar-refractivity contribution is 5.76. The minimum atomic E-state index is -0.669. The number of carbonyl (C=O) groups is 2. The maximum atomic E-state index is 12.5. The average molecular weight is 947 g/mol. The van der Waals surface area contributed by atoms with Gasteiger partial charge in [0.2, 0.25) is 5.91 Å². The van der Waals surface area contributed by atoms with Crippen molar-refractivity contribution in [3.63, 3.8) is 0 Å². The Morgan fingerprint density at radius 2 is 0.701 bits per heavy atom. The summed E-state index contributed by atoms with van der Waals surface area (Å²) < 4.78 is 5.46. The van der Waals surface area contributed by atoms with Crippen molar-refractivity contribution in [3.05, 3.63) is 12.2 Å². The van der Waals surface area contributed by atoms with Crippen LogP contribution in [0.2, 0.25) is 0 Å². The SMILES string of the molecule is CCCCC/C=C\CCCCCCCC(=O)OCCCCCCCCCCCCCCCCCCC(=O)NC(CO)C(O)CCCCCCCCCCCCCCCCCCCCCCCC. The highest BCUT2D eigenvalue weighted by Crippen LogP contribution is 2.18. The molecule has 0 fully saturated rings. The number of unbranched alkanes of at least 4 members (excludes halogenated alkanes) is 44. The van der Waals surface area contributed by atoms with E-state index >= 15 is 0 Å². The van der Waals surface area contributed by atoms with Crippen LogP contribution in [0.4, 0.5) is 0 Å². The van der Waals surface area contributed by atoms with Crippen molar-refractivity contribution >= 4 is 11.9 Å². The van der Waals surface area contributed by atoms with Gasteiger partial charge >= 0.3 is 5.97 Å². The van der Waals surface area contributed by atoms with Crippen LogP contribution in [0.1, 0.15) is 341 Å². The molecular formula is C61H119NO5. The Hall–Kier alpha value is -1.40. The van der Waals surface area contributed by atoms with Crippen molar-refractivity contribution in [3.8, 4) is 0 Å². The molecule has 0 radical (unpaired) electrons. The molecule has 0 aliphatic rings. The fourth-order valence-electron chi connectivity index (χ4n) is 9.64. The zero-order valence-corrected chi connectivity index (χ0v) is 45.4. The number of hydrogen-bond acceptors (Lipinski definition) is 5. The number of esters is 1. The van der Waals surface area contributed by atoms with Gasteiger partial charge in [-0.25, -0.2) is 0 Å². The molecular weight excluding hydrogens is 827 g/mol. The summed E-state index contributed by atoms with van der Waals surface area (Å²) in [7, 11) is 0. The predicted molar refractivity (Wildman–Crippen MR) is 292 cm³/mol. The minimum Gasteiger partial charge on any atom is -0.466 e. The molecule has 0 aliphatic carbocycles. The van der Waals surface area contributed by atoms with Crippen molar-refractivity contribution < 1.29 is 24.5 Å². The van der Waals surface area contributed by atoms with Crippen LogP contribution in [0.25, 0.3) is 0 Å². The molecule has 67 heavy (non-hydrogen) atoms. The zero-order valence-electron chi connectivity index (χ0n) is 45.4. The minimum absolute atomic E-state index is 0.00592. The van der Waals surface area contributed by atoms with Gasteiger partial charge < -0.3 is 20.3 Å². The summed E-state index contributed by atoms with van der Waals surface area (Å²) >= 11 is 0. The molecule has 6 nitrogen and oxygen atoms in total. The van der Waals surface area contributed by atoms with E-state index in [0.29, 0.717) is 25.9 Å². The molecule has 2 unspecified atom stereocenters. The Balaban J connectivity index is 3.42. The van der Waals surface area contributed by atoms with Gasteiger partial charge in [-0.3, -0.25) is 9.59 Å². The molecule has 0 saturated heterocycles. The molecule has 0 spiro atoms. The molecule has 0 aromatic carbocycles. The quantitative estimate of drug-likeness (QED) is 0.0321. The summed E-state index contributed by atoms with van der Waals surface area (Å²) in [5, 5.41) is 23.4. The van der Waals surface area contributed by atoms with Crippen LogP contribution in [0.5, 0.6) is 0 Å². The van der Waals surface area contributed by atoms with Gasteiger partial charge in [-0.05, 0) is 51.4 Å². The fraction of sp³-hybridized carbons (Fsp3) is 0.934. The Labute approximate surface area is 419 Å². The van der Waals surface area contributed by atoms with Gasteiger partial charge in [-0.15, -0.1) is 0 Å². The first-order valence-electron chi connectivity index (χ1n) is 30.4. The van der Waals surface area contributed by atoms with Gasteiger partial charge in [0.1, 0.15) is 0 Å². The van der Waals surface area contributed by atoms with E-state index in [-0.39, 0.29) is 18.5 Å². The molecule has 0 aromatic heterocycles. The second kappa shape index (κ2) is 57.2. The van der Waals surface area contributed by atoms with E-state index < -0.39 is 12.1 Å². The van der Waals surface area contributed by atoms with E-state index in [9.17, 15) is 19.8 Å². The molecule has 0 rings (SSSR count). The number of aliphatic hydroxyl groups excluding tert-OH is 2. The van der Waals surface area contributed by atoms with E-state index in [1.54, 1.807) is 0 Å². The van der Waals surface area contributed by atoms with Crippen LogP contribution >= 0.6 is 0 Å². The molecule has 398 valence electrons. The van der Waals surface area contributed by atoms with Crippen LogP contribution in [-0.4, -0.2) is 47.4 Å². The monoisotopic (exact) mass is 946 g/mol. The predicted octanol–water partition coefficient (Wildman–Crippen LogP) is 18.9. The maximum Gasteiger partial charge on any atom is 0.305 e. The van der Waals surface area contributed by atoms with Crippen molar-refractivity contribution in [1.29, 1.82) is 0 Å². The lowest BCUT2D eigenvalue weighted by molar-refractivity contribution is -0.143. The third-order valence-corrected chi connectivity index (χ3v) is 14.3. The van der Waals surface area contributed by atoms with Gasteiger partial charge in [0.25, 0.3) is 0 Å². The van der Waals surface area contributed by atoms with Gasteiger partial charge in [0.15, 0.2) is 0 Å². The van der Waals surface area contributed by atoms with E-state index in [2.05, 4.69) is 31.3 Å². The standard InChI is InChI=1S/C61H119NO5/c1-3-5-7-9-11-13-15-17-18-19-20-21-22-23-24-27-30-33-37-41-45-49-53-59(64)58(57-63)62-60(65)54-50-46-42-38-34-31-28-25-26-29-32-36-40-44-48-52-56-67-61(66)55-51-47-43-39-35-16-14-12-10-8-6-4-2/h12,14,58-59,63-64H,3-11,13,15-57H2,1-2H3,(H,62,65)/b14-12-. The highest BCUT2D eigenvalue weighted by atomic mass is 16.5. The molecule has 2 atom stereocenters. The van der Waals surface area contributed by atoms with Gasteiger partial charge in [-0.1, -0.05) is 289 Å². The highest BCUT2D eigenvalue weighted by Gasteiger charge is 2.20. The van der Waals surface area contributed by atoms with Gasteiger partial charge in [-0.2, -0.15) is 0 Å². The molecule has 0 saturated carbocycles. The first-order chi connectivity index (χ1) is 33.0. The van der Waals surface area contributed by atoms with Gasteiger partial charge in [0.05, 0.1) is 25.4 Å². The van der Waals surface area contributed by atoms with E-state index in [0.717, 1.165) is 44.9 Å². The molecule has 0 aliphatic heterocycles. The smallest absolute Gasteiger partial charge is 0.305 e. The molecule has 1 amide bonds. The van der Waals surface area contributed by atoms with Crippen molar-refractivity contribution in [2.24, 2.45) is 0 Å². The summed E-state index contributed by atoms with van der Waals surface area (Å²) in [5.74, 6) is -0.0441. The Bertz CT molecular complexity index is 1000. The lowest BCUT2D eigenvalue weighted by atomic mass is 10.0. The first kappa shape index (κ1) is 65.6. The third-order valence-electron chi connectivity index (χ3n) is 14.3. The molecule has 0 aromatic rings. The number of amides is 1. The van der Waals surface area contributed by atoms with Crippen LogP contribution in [0.3, 0.4) is 0 Å². The van der Waals surface area contributed by atoms with Gasteiger partial charge in [0, 0.05) is 12.8 Å². The topological polar surface area (TPSA) is 95.9 Å². The summed E-state index contributed by atoms with van der Waals surface area (Å²) in [5.41, 5.74) is 0. The summed E-state index contributed by atoms with van der Waals surface area (Å²) in [4.78, 5) is 24.5. The first-order valence-corrected chi connectivity index (χ1v) is 30.4. The Kier molecular flexibility index (Phi) is 56.0. The molecule has 0 bridgehead atoms. The molecule has 0 heterocycles. The summed E-state index contributed by atoms with van der Waals surface area (Å²) in [6.07, 6.45) is 67.8. The Morgan fingerprint density at radius 3 is 1.09 bits per heavy atom. The number of rotatable bonds is 57. The molecule has 6 heteroatoms. The second-order valence-corrected chi connectivity index (χ2v) is 21.0. The number of allylic oxidation sites excluding steroid dienone is 2.